The van der Waals surface area contributed by atoms with Crippen molar-refractivity contribution in [1.29, 1.82) is 0 Å². The Labute approximate surface area is 188 Å². The van der Waals surface area contributed by atoms with E-state index in [9.17, 15) is 4.79 Å². The normalized spacial score (nSPS) is 22.3. The van der Waals surface area contributed by atoms with Gasteiger partial charge in [-0.25, -0.2) is 4.98 Å². The molecule has 2 atom stereocenters. The van der Waals surface area contributed by atoms with E-state index in [0.717, 1.165) is 63.4 Å². The molecule has 0 saturated carbocycles. The molecular weight excluding hydrogens is 414 g/mol. The van der Waals surface area contributed by atoms with Crippen molar-refractivity contribution in [1.82, 2.24) is 20.3 Å². The first-order valence-corrected chi connectivity index (χ1v) is 11.5. The second-order valence-corrected chi connectivity index (χ2v) is 9.02. The number of pyridine rings is 1. The summed E-state index contributed by atoms with van der Waals surface area (Å²) in [5.41, 5.74) is 2.13. The number of carbonyl (C=O) groups is 1. The Morgan fingerprint density at radius 2 is 2.06 bits per heavy atom. The second kappa shape index (κ2) is 10.5. The SMILES string of the molecule is C[C@H]1CC[C@H](C(=O)Cc2cc(-c3cncc(NCC4CCOCC4)n3)c(Cl)cn2)CN1. The van der Waals surface area contributed by atoms with Gasteiger partial charge in [0.1, 0.15) is 11.6 Å². The van der Waals surface area contributed by atoms with E-state index in [0.29, 0.717) is 34.8 Å². The van der Waals surface area contributed by atoms with E-state index in [-0.39, 0.29) is 11.7 Å². The zero-order valence-corrected chi connectivity index (χ0v) is 18.7. The van der Waals surface area contributed by atoms with E-state index >= 15 is 0 Å². The van der Waals surface area contributed by atoms with Crippen LogP contribution in [0.15, 0.2) is 24.7 Å². The lowest BCUT2D eigenvalue weighted by Gasteiger charge is -2.26. The standard InChI is InChI=1S/C23H30ClN5O2/c1-15-2-3-17(11-26-15)22(30)9-18-8-19(20(24)12-27-18)21-13-25-14-23(29-21)28-10-16-4-6-31-7-5-16/h8,12-17,26H,2-7,9-11H2,1H3,(H,28,29)/t15-,17-/m0/s1. The second-order valence-electron chi connectivity index (χ2n) is 8.61. The van der Waals surface area contributed by atoms with Crippen LogP contribution in [0.25, 0.3) is 11.3 Å². The van der Waals surface area contributed by atoms with E-state index in [1.165, 1.54) is 0 Å². The van der Waals surface area contributed by atoms with Crippen LogP contribution in [0.1, 0.15) is 38.3 Å². The van der Waals surface area contributed by atoms with E-state index in [1.807, 2.05) is 6.07 Å². The number of nitrogens with one attached hydrogen (secondary N) is 2. The zero-order valence-electron chi connectivity index (χ0n) is 17.9. The van der Waals surface area contributed by atoms with Gasteiger partial charge in [-0.05, 0) is 44.6 Å². The van der Waals surface area contributed by atoms with Gasteiger partial charge in [-0.15, -0.1) is 0 Å². The first-order valence-electron chi connectivity index (χ1n) is 11.1. The lowest BCUT2D eigenvalue weighted by Crippen LogP contribution is -2.40. The molecule has 4 heterocycles. The molecule has 7 nitrogen and oxygen atoms in total. The number of hydrogen-bond acceptors (Lipinski definition) is 7. The average Bonchev–Trinajstić information content (AvgIpc) is 2.80. The highest BCUT2D eigenvalue weighted by molar-refractivity contribution is 6.33. The van der Waals surface area contributed by atoms with E-state index < -0.39 is 0 Å². The highest BCUT2D eigenvalue weighted by Crippen LogP contribution is 2.28. The molecule has 2 aliphatic rings. The topological polar surface area (TPSA) is 89.0 Å². The van der Waals surface area contributed by atoms with Gasteiger partial charge in [0, 0.05) is 62.1 Å². The summed E-state index contributed by atoms with van der Waals surface area (Å²) in [5.74, 6) is 1.57. The maximum atomic E-state index is 12.7. The monoisotopic (exact) mass is 443 g/mol. The Morgan fingerprint density at radius 1 is 1.23 bits per heavy atom. The number of ketones is 1. The molecule has 2 aromatic heterocycles. The molecule has 0 spiro atoms. The molecule has 0 radical (unpaired) electrons. The van der Waals surface area contributed by atoms with Crippen LogP contribution in [-0.2, 0) is 16.0 Å². The van der Waals surface area contributed by atoms with Gasteiger partial charge in [-0.3, -0.25) is 14.8 Å². The number of aromatic nitrogens is 3. The minimum atomic E-state index is 0.0506. The fourth-order valence-electron chi connectivity index (χ4n) is 4.15. The molecule has 0 amide bonds. The van der Waals surface area contributed by atoms with Crippen molar-refractivity contribution in [3.63, 3.8) is 0 Å². The number of halogens is 1. The molecule has 0 unspecified atom stereocenters. The summed E-state index contributed by atoms with van der Waals surface area (Å²) < 4.78 is 5.42. The van der Waals surface area contributed by atoms with Crippen LogP contribution in [-0.4, -0.2) is 53.1 Å². The molecule has 2 saturated heterocycles. The zero-order chi connectivity index (χ0) is 21.6. The third-order valence-corrected chi connectivity index (χ3v) is 6.51. The van der Waals surface area contributed by atoms with Gasteiger partial charge in [0.2, 0.25) is 0 Å². The third kappa shape index (κ3) is 5.99. The van der Waals surface area contributed by atoms with Gasteiger partial charge >= 0.3 is 0 Å². The molecule has 166 valence electrons. The van der Waals surface area contributed by atoms with Crippen molar-refractivity contribution < 1.29 is 9.53 Å². The summed E-state index contributed by atoms with van der Waals surface area (Å²) in [6.45, 7) is 5.39. The predicted molar refractivity (Wildman–Crippen MR) is 121 cm³/mol. The molecule has 0 aliphatic carbocycles. The van der Waals surface area contributed by atoms with Gasteiger partial charge < -0.3 is 15.4 Å². The molecule has 8 heteroatoms. The van der Waals surface area contributed by atoms with Crippen LogP contribution < -0.4 is 10.6 Å². The lowest BCUT2D eigenvalue weighted by molar-refractivity contribution is -0.122. The van der Waals surface area contributed by atoms with E-state index in [1.54, 1.807) is 18.6 Å². The van der Waals surface area contributed by atoms with Crippen LogP contribution in [0.2, 0.25) is 5.02 Å². The highest BCUT2D eigenvalue weighted by Gasteiger charge is 2.24. The lowest BCUT2D eigenvalue weighted by atomic mass is 9.90. The average molecular weight is 444 g/mol. The van der Waals surface area contributed by atoms with Gasteiger partial charge in [-0.1, -0.05) is 11.6 Å². The number of Topliss-reactive ketones (excluding diaryl/α,β-unsaturated/α-hetero) is 1. The minimum Gasteiger partial charge on any atom is -0.381 e. The smallest absolute Gasteiger partial charge is 0.145 e. The maximum Gasteiger partial charge on any atom is 0.145 e. The number of piperidine rings is 1. The van der Waals surface area contributed by atoms with Gasteiger partial charge in [0.05, 0.1) is 23.1 Å². The molecule has 31 heavy (non-hydrogen) atoms. The van der Waals surface area contributed by atoms with Crippen LogP contribution in [0.3, 0.4) is 0 Å². The Bertz CT molecular complexity index is 895. The fourth-order valence-corrected chi connectivity index (χ4v) is 4.35. The first kappa shape index (κ1) is 22.1. The Morgan fingerprint density at radius 3 is 2.84 bits per heavy atom. The number of hydrogen-bond donors (Lipinski definition) is 2. The molecular formula is C23H30ClN5O2. The Balaban J connectivity index is 1.43. The van der Waals surface area contributed by atoms with Crippen molar-refractivity contribution in [3.8, 4) is 11.3 Å². The molecule has 2 fully saturated rings. The highest BCUT2D eigenvalue weighted by atomic mass is 35.5. The van der Waals surface area contributed by atoms with Crippen LogP contribution in [0.5, 0.6) is 0 Å². The minimum absolute atomic E-state index is 0.0506. The van der Waals surface area contributed by atoms with Crippen LogP contribution in [0, 0.1) is 11.8 Å². The number of ether oxygens (including phenoxy) is 1. The van der Waals surface area contributed by atoms with Crippen molar-refractivity contribution >= 4 is 23.2 Å². The Kier molecular flexibility index (Phi) is 7.48. The summed E-state index contributed by atoms with van der Waals surface area (Å²) in [6.07, 6.45) is 9.40. The fraction of sp³-hybridized carbons (Fsp3) is 0.565. The van der Waals surface area contributed by atoms with Crippen LogP contribution in [0.4, 0.5) is 5.82 Å². The predicted octanol–water partition coefficient (Wildman–Crippen LogP) is 3.53. The molecule has 0 aromatic carbocycles. The largest absolute Gasteiger partial charge is 0.381 e. The number of anilines is 1. The maximum absolute atomic E-state index is 12.7. The number of nitrogens with zero attached hydrogens (tertiary/aromatic N) is 3. The summed E-state index contributed by atoms with van der Waals surface area (Å²) in [5, 5.41) is 7.28. The van der Waals surface area contributed by atoms with E-state index in [2.05, 4.69) is 27.5 Å². The van der Waals surface area contributed by atoms with Gasteiger partial charge in [0.15, 0.2) is 0 Å². The summed E-state index contributed by atoms with van der Waals surface area (Å²) in [7, 11) is 0. The quantitative estimate of drug-likeness (QED) is 0.676. The first-order chi connectivity index (χ1) is 15.1. The van der Waals surface area contributed by atoms with Crippen molar-refractivity contribution in [2.45, 2.75) is 45.1 Å². The van der Waals surface area contributed by atoms with Gasteiger partial charge in [0.25, 0.3) is 0 Å². The Hall–Kier alpha value is -2.09. The number of rotatable bonds is 7. The molecule has 2 aromatic rings. The molecule has 0 bridgehead atoms. The van der Waals surface area contributed by atoms with Crippen molar-refractivity contribution in [2.75, 3.05) is 31.6 Å². The van der Waals surface area contributed by atoms with Gasteiger partial charge in [-0.2, -0.15) is 0 Å². The third-order valence-electron chi connectivity index (χ3n) is 6.21. The molecule has 2 N–H and O–H groups in total. The molecule has 4 rings (SSSR count). The summed E-state index contributed by atoms with van der Waals surface area (Å²) >= 11 is 6.42. The van der Waals surface area contributed by atoms with E-state index in [4.69, 9.17) is 21.3 Å². The summed E-state index contributed by atoms with van der Waals surface area (Å²) in [6, 6.07) is 2.35. The van der Waals surface area contributed by atoms with Crippen LogP contribution >= 0.6 is 11.6 Å². The van der Waals surface area contributed by atoms with Crippen molar-refractivity contribution in [3.05, 3.63) is 35.4 Å². The summed E-state index contributed by atoms with van der Waals surface area (Å²) in [4.78, 5) is 26.1. The van der Waals surface area contributed by atoms with Crippen molar-refractivity contribution in [2.24, 2.45) is 11.8 Å². The molecule has 2 aliphatic heterocycles. The number of carbonyl (C=O) groups excluding carboxylic acids is 1.